The summed E-state index contributed by atoms with van der Waals surface area (Å²) in [4.78, 5) is 2.47. The normalized spacial score (nSPS) is 18.6. The minimum absolute atomic E-state index is 0.242. The van der Waals surface area contributed by atoms with Gasteiger partial charge in [-0.1, -0.05) is 6.92 Å². The molecule has 3 rings (SSSR count). The number of nitrogens with zero attached hydrogens (tertiary/aromatic N) is 1. The second-order valence-electron chi connectivity index (χ2n) is 5.52. The molecule has 0 saturated heterocycles. The fraction of sp³-hybridized carbons (Fsp3) is 0.600. The van der Waals surface area contributed by atoms with Gasteiger partial charge in [0.2, 0.25) is 6.79 Å². The van der Waals surface area contributed by atoms with Crippen molar-refractivity contribution in [3.8, 4) is 11.5 Å². The van der Waals surface area contributed by atoms with Gasteiger partial charge in [0.1, 0.15) is 0 Å². The van der Waals surface area contributed by atoms with Crippen LogP contribution in [0, 0.1) is 5.92 Å². The van der Waals surface area contributed by atoms with Crippen LogP contribution in [-0.2, 0) is 0 Å². The lowest BCUT2D eigenvalue weighted by molar-refractivity contribution is 0.173. The van der Waals surface area contributed by atoms with Crippen LogP contribution in [0.5, 0.6) is 11.5 Å². The number of ether oxygens (including phenoxy) is 2. The average molecular weight is 341 g/mol. The SMILES string of the molecule is CCN(CC1CC1)C(CN)c1cc(Br)c2c(c1)OCO2. The van der Waals surface area contributed by atoms with E-state index in [0.29, 0.717) is 13.3 Å². The highest BCUT2D eigenvalue weighted by atomic mass is 79.9. The first-order valence-corrected chi connectivity index (χ1v) is 8.05. The molecule has 0 amide bonds. The molecule has 110 valence electrons. The zero-order valence-electron chi connectivity index (χ0n) is 11.8. The van der Waals surface area contributed by atoms with Crippen LogP contribution in [0.2, 0.25) is 0 Å². The molecule has 1 atom stereocenters. The molecule has 1 heterocycles. The molecule has 1 aromatic carbocycles. The van der Waals surface area contributed by atoms with Gasteiger partial charge < -0.3 is 15.2 Å². The molecular formula is C15H21BrN2O2. The van der Waals surface area contributed by atoms with Crippen molar-refractivity contribution in [2.24, 2.45) is 11.7 Å². The standard InChI is InChI=1S/C15H21BrN2O2/c1-2-18(8-10-3-4-10)13(7-17)11-5-12(16)15-14(6-11)19-9-20-15/h5-6,10,13H,2-4,7-9,17H2,1H3. The lowest BCUT2D eigenvalue weighted by Gasteiger charge is -2.30. The molecule has 0 bridgehead atoms. The Kier molecular flexibility index (Phi) is 4.19. The summed E-state index contributed by atoms with van der Waals surface area (Å²) in [5.74, 6) is 2.48. The van der Waals surface area contributed by atoms with Crippen LogP contribution in [0.4, 0.5) is 0 Å². The Morgan fingerprint density at radius 2 is 2.20 bits per heavy atom. The Morgan fingerprint density at radius 1 is 1.40 bits per heavy atom. The molecule has 2 N–H and O–H groups in total. The smallest absolute Gasteiger partial charge is 0.231 e. The highest BCUT2D eigenvalue weighted by Gasteiger charge is 2.29. The summed E-state index contributed by atoms with van der Waals surface area (Å²) in [6, 6.07) is 4.42. The minimum Gasteiger partial charge on any atom is -0.454 e. The average Bonchev–Trinajstić information content (AvgIpc) is 3.13. The summed E-state index contributed by atoms with van der Waals surface area (Å²) in [6.07, 6.45) is 2.72. The van der Waals surface area contributed by atoms with Gasteiger partial charge in [0.15, 0.2) is 11.5 Å². The number of fused-ring (bicyclic) bond motifs is 1. The quantitative estimate of drug-likeness (QED) is 0.864. The molecule has 5 heteroatoms. The van der Waals surface area contributed by atoms with Gasteiger partial charge in [0.05, 0.1) is 4.47 Å². The van der Waals surface area contributed by atoms with E-state index in [1.54, 1.807) is 0 Å². The predicted molar refractivity (Wildman–Crippen MR) is 82.0 cm³/mol. The number of nitrogens with two attached hydrogens (primary N) is 1. The first kappa shape index (κ1) is 14.2. The molecule has 1 aliphatic carbocycles. The Morgan fingerprint density at radius 3 is 2.85 bits per heavy atom. The van der Waals surface area contributed by atoms with E-state index in [4.69, 9.17) is 15.2 Å². The molecule has 0 aromatic heterocycles. The van der Waals surface area contributed by atoms with Crippen LogP contribution < -0.4 is 15.2 Å². The van der Waals surface area contributed by atoms with Gasteiger partial charge in [-0.25, -0.2) is 0 Å². The first-order chi connectivity index (χ1) is 9.72. The summed E-state index contributed by atoms with van der Waals surface area (Å²) >= 11 is 3.57. The van der Waals surface area contributed by atoms with Crippen molar-refractivity contribution in [2.45, 2.75) is 25.8 Å². The number of hydrogen-bond acceptors (Lipinski definition) is 4. The molecule has 1 fully saturated rings. The van der Waals surface area contributed by atoms with Crippen LogP contribution in [0.15, 0.2) is 16.6 Å². The van der Waals surface area contributed by atoms with Crippen molar-refractivity contribution in [3.05, 3.63) is 22.2 Å². The van der Waals surface area contributed by atoms with E-state index >= 15 is 0 Å². The first-order valence-electron chi connectivity index (χ1n) is 7.26. The van der Waals surface area contributed by atoms with E-state index in [2.05, 4.69) is 39.9 Å². The van der Waals surface area contributed by atoms with E-state index in [1.165, 1.54) is 18.4 Å². The van der Waals surface area contributed by atoms with Gasteiger partial charge in [0, 0.05) is 19.1 Å². The number of halogens is 1. The third kappa shape index (κ3) is 2.80. The van der Waals surface area contributed by atoms with Crippen molar-refractivity contribution < 1.29 is 9.47 Å². The molecule has 0 radical (unpaired) electrons. The van der Waals surface area contributed by atoms with E-state index in [-0.39, 0.29) is 6.04 Å². The van der Waals surface area contributed by atoms with Gasteiger partial charge in [-0.3, -0.25) is 4.90 Å². The van der Waals surface area contributed by atoms with Crippen molar-refractivity contribution >= 4 is 15.9 Å². The summed E-state index contributed by atoms with van der Waals surface area (Å²) < 4.78 is 11.9. The Hall–Kier alpha value is -0.780. The molecule has 1 saturated carbocycles. The van der Waals surface area contributed by atoms with Crippen LogP contribution in [0.1, 0.15) is 31.4 Å². The maximum atomic E-state index is 6.04. The Labute approximate surface area is 128 Å². The van der Waals surface area contributed by atoms with Crippen LogP contribution >= 0.6 is 15.9 Å². The molecule has 1 aromatic rings. The predicted octanol–water partition coefficient (Wildman–Crippen LogP) is 2.91. The zero-order chi connectivity index (χ0) is 14.1. The third-order valence-corrected chi connectivity index (χ3v) is 4.68. The van der Waals surface area contributed by atoms with Crippen molar-refractivity contribution in [2.75, 3.05) is 26.4 Å². The molecule has 20 heavy (non-hydrogen) atoms. The molecule has 1 aliphatic heterocycles. The topological polar surface area (TPSA) is 47.7 Å². The summed E-state index contributed by atoms with van der Waals surface area (Å²) in [6.45, 7) is 5.28. The van der Waals surface area contributed by atoms with E-state index in [1.807, 2.05) is 0 Å². The maximum absolute atomic E-state index is 6.04. The van der Waals surface area contributed by atoms with Crippen molar-refractivity contribution in [3.63, 3.8) is 0 Å². The van der Waals surface area contributed by atoms with Crippen LogP contribution in [-0.4, -0.2) is 31.3 Å². The Balaban J connectivity index is 1.86. The number of rotatable bonds is 6. The Bertz CT molecular complexity index is 491. The van der Waals surface area contributed by atoms with Gasteiger partial charge in [-0.2, -0.15) is 0 Å². The monoisotopic (exact) mass is 340 g/mol. The van der Waals surface area contributed by atoms with Gasteiger partial charge in [-0.15, -0.1) is 0 Å². The second kappa shape index (κ2) is 5.92. The van der Waals surface area contributed by atoms with E-state index in [0.717, 1.165) is 35.0 Å². The van der Waals surface area contributed by atoms with Crippen molar-refractivity contribution in [1.29, 1.82) is 0 Å². The molecule has 2 aliphatic rings. The molecule has 1 unspecified atom stereocenters. The maximum Gasteiger partial charge on any atom is 0.231 e. The number of benzene rings is 1. The molecule has 4 nitrogen and oxygen atoms in total. The van der Waals surface area contributed by atoms with Crippen LogP contribution in [0.25, 0.3) is 0 Å². The zero-order valence-corrected chi connectivity index (χ0v) is 13.4. The summed E-state index contributed by atoms with van der Waals surface area (Å²) in [5, 5.41) is 0. The summed E-state index contributed by atoms with van der Waals surface area (Å²) in [7, 11) is 0. The van der Waals surface area contributed by atoms with E-state index in [9.17, 15) is 0 Å². The van der Waals surface area contributed by atoms with E-state index < -0.39 is 0 Å². The minimum atomic E-state index is 0.242. The second-order valence-corrected chi connectivity index (χ2v) is 6.37. The molecular weight excluding hydrogens is 320 g/mol. The van der Waals surface area contributed by atoms with Gasteiger partial charge >= 0.3 is 0 Å². The lowest BCUT2D eigenvalue weighted by atomic mass is 10.0. The summed E-state index contributed by atoms with van der Waals surface area (Å²) in [5.41, 5.74) is 7.24. The highest BCUT2D eigenvalue weighted by Crippen LogP contribution is 2.42. The highest BCUT2D eigenvalue weighted by molar-refractivity contribution is 9.10. The molecule has 0 spiro atoms. The fourth-order valence-electron chi connectivity index (χ4n) is 2.78. The van der Waals surface area contributed by atoms with Crippen molar-refractivity contribution in [1.82, 2.24) is 4.90 Å². The van der Waals surface area contributed by atoms with Crippen LogP contribution in [0.3, 0.4) is 0 Å². The lowest BCUT2D eigenvalue weighted by Crippen LogP contribution is -2.35. The van der Waals surface area contributed by atoms with Gasteiger partial charge in [-0.05, 0) is 58.9 Å². The fourth-order valence-corrected chi connectivity index (χ4v) is 3.36. The largest absolute Gasteiger partial charge is 0.454 e. The third-order valence-electron chi connectivity index (χ3n) is 4.09. The van der Waals surface area contributed by atoms with Gasteiger partial charge in [0.25, 0.3) is 0 Å². The number of hydrogen-bond donors (Lipinski definition) is 1. The number of likely N-dealkylation sites (N-methyl/N-ethyl adjacent to an activating group) is 1.